The molecule has 0 spiro atoms. The second-order valence-corrected chi connectivity index (χ2v) is 5.34. The van der Waals surface area contributed by atoms with Crippen molar-refractivity contribution < 1.29 is 14.7 Å². The van der Waals surface area contributed by atoms with E-state index >= 15 is 0 Å². The number of carboxylic acid groups (broad SMARTS) is 1. The quantitative estimate of drug-likeness (QED) is 0.767. The number of nitrogens with zero attached hydrogens (tertiary/aromatic N) is 1. The van der Waals surface area contributed by atoms with Crippen LogP contribution in [0.4, 0.5) is 5.69 Å². The summed E-state index contributed by atoms with van der Waals surface area (Å²) in [4.78, 5) is 26.4. The van der Waals surface area contributed by atoms with Gasteiger partial charge >= 0.3 is 5.97 Å². The lowest BCUT2D eigenvalue weighted by Crippen LogP contribution is -2.47. The maximum atomic E-state index is 11.9. The Balaban J connectivity index is 2.71. The van der Waals surface area contributed by atoms with Gasteiger partial charge in [-0.1, -0.05) is 0 Å². The van der Waals surface area contributed by atoms with Crippen LogP contribution in [0.2, 0.25) is 0 Å². The van der Waals surface area contributed by atoms with E-state index in [1.54, 1.807) is 13.0 Å². The fraction of sp³-hybridized carbons (Fsp3) is 0.462. The summed E-state index contributed by atoms with van der Waals surface area (Å²) in [7, 11) is 0. The topological polar surface area (TPSA) is 91.3 Å². The molecule has 0 saturated heterocycles. The average Bonchev–Trinajstić information content (AvgIpc) is 2.27. The van der Waals surface area contributed by atoms with Gasteiger partial charge in [-0.25, -0.2) is 9.78 Å². The SMILES string of the molecule is CC(Nc1ccnc(C(=O)O)c1)C(=O)NC(C)(C)C. The summed E-state index contributed by atoms with van der Waals surface area (Å²) in [5.41, 5.74) is 0.176. The van der Waals surface area contributed by atoms with E-state index in [-0.39, 0.29) is 17.1 Å². The van der Waals surface area contributed by atoms with Crippen LogP contribution >= 0.6 is 0 Å². The first-order chi connectivity index (χ1) is 8.69. The van der Waals surface area contributed by atoms with Gasteiger partial charge in [0.25, 0.3) is 0 Å². The van der Waals surface area contributed by atoms with E-state index in [0.29, 0.717) is 5.69 Å². The maximum Gasteiger partial charge on any atom is 0.354 e. The summed E-state index contributed by atoms with van der Waals surface area (Å²) in [6.07, 6.45) is 1.39. The van der Waals surface area contributed by atoms with Crippen molar-refractivity contribution in [1.82, 2.24) is 10.3 Å². The number of rotatable bonds is 4. The van der Waals surface area contributed by atoms with Gasteiger partial charge in [0.05, 0.1) is 0 Å². The van der Waals surface area contributed by atoms with E-state index in [0.717, 1.165) is 0 Å². The molecule has 1 aromatic rings. The van der Waals surface area contributed by atoms with Gasteiger partial charge < -0.3 is 15.7 Å². The molecule has 0 aliphatic rings. The lowest BCUT2D eigenvalue weighted by Gasteiger charge is -2.24. The summed E-state index contributed by atoms with van der Waals surface area (Å²) in [5, 5.41) is 14.6. The fourth-order valence-corrected chi connectivity index (χ4v) is 1.43. The van der Waals surface area contributed by atoms with Gasteiger partial charge in [0, 0.05) is 17.4 Å². The van der Waals surface area contributed by atoms with Gasteiger partial charge in [0.15, 0.2) is 0 Å². The predicted octanol–water partition coefficient (Wildman–Crippen LogP) is 1.49. The number of hydrogen-bond donors (Lipinski definition) is 3. The number of anilines is 1. The monoisotopic (exact) mass is 265 g/mol. The second kappa shape index (κ2) is 5.69. The number of carbonyl (C=O) groups is 2. The van der Waals surface area contributed by atoms with Crippen LogP contribution < -0.4 is 10.6 Å². The predicted molar refractivity (Wildman–Crippen MR) is 72.2 cm³/mol. The fourth-order valence-electron chi connectivity index (χ4n) is 1.43. The molecule has 6 nitrogen and oxygen atoms in total. The lowest BCUT2D eigenvalue weighted by atomic mass is 10.1. The van der Waals surface area contributed by atoms with Crippen molar-refractivity contribution in [2.75, 3.05) is 5.32 Å². The third-order valence-electron chi connectivity index (χ3n) is 2.25. The summed E-state index contributed by atoms with van der Waals surface area (Å²) in [6.45, 7) is 7.40. The molecule has 3 N–H and O–H groups in total. The minimum absolute atomic E-state index is 0.0616. The third kappa shape index (κ3) is 4.95. The van der Waals surface area contributed by atoms with Crippen molar-refractivity contribution in [3.63, 3.8) is 0 Å². The molecule has 0 aliphatic heterocycles. The Morgan fingerprint density at radius 3 is 2.53 bits per heavy atom. The highest BCUT2D eigenvalue weighted by atomic mass is 16.4. The van der Waals surface area contributed by atoms with E-state index in [1.807, 2.05) is 20.8 Å². The van der Waals surface area contributed by atoms with Gasteiger partial charge in [0.1, 0.15) is 11.7 Å². The zero-order valence-corrected chi connectivity index (χ0v) is 11.5. The Labute approximate surface area is 112 Å². The van der Waals surface area contributed by atoms with Gasteiger partial charge in [0.2, 0.25) is 5.91 Å². The Morgan fingerprint density at radius 1 is 1.37 bits per heavy atom. The zero-order valence-electron chi connectivity index (χ0n) is 11.5. The smallest absolute Gasteiger partial charge is 0.354 e. The first kappa shape index (κ1) is 14.9. The lowest BCUT2D eigenvalue weighted by molar-refractivity contribution is -0.122. The third-order valence-corrected chi connectivity index (χ3v) is 2.25. The van der Waals surface area contributed by atoms with Crippen LogP contribution in [0.1, 0.15) is 38.2 Å². The number of aromatic carboxylic acids is 1. The van der Waals surface area contributed by atoms with Crippen LogP contribution in [0.25, 0.3) is 0 Å². The molecule has 1 heterocycles. The molecule has 0 bridgehead atoms. The second-order valence-electron chi connectivity index (χ2n) is 5.34. The van der Waals surface area contributed by atoms with Gasteiger partial charge in [-0.05, 0) is 39.8 Å². The molecule has 1 rings (SSSR count). The van der Waals surface area contributed by atoms with E-state index in [9.17, 15) is 9.59 Å². The Hall–Kier alpha value is -2.11. The van der Waals surface area contributed by atoms with Crippen molar-refractivity contribution >= 4 is 17.6 Å². The number of amides is 1. The maximum absolute atomic E-state index is 11.9. The molecule has 104 valence electrons. The summed E-state index contributed by atoms with van der Waals surface area (Å²) in [6, 6.07) is 2.54. The highest BCUT2D eigenvalue weighted by Crippen LogP contribution is 2.10. The minimum atomic E-state index is -1.10. The standard InChI is InChI=1S/C13H19N3O3/c1-8(11(17)16-13(2,3)4)15-9-5-6-14-10(7-9)12(18)19/h5-8H,1-4H3,(H,14,15)(H,16,17)(H,18,19). The number of carbonyl (C=O) groups excluding carboxylic acids is 1. The van der Waals surface area contributed by atoms with E-state index < -0.39 is 12.0 Å². The van der Waals surface area contributed by atoms with Crippen LogP contribution in [-0.4, -0.2) is 33.5 Å². The van der Waals surface area contributed by atoms with Crippen LogP contribution in [0.5, 0.6) is 0 Å². The largest absolute Gasteiger partial charge is 0.477 e. The molecule has 0 fully saturated rings. The Kier molecular flexibility index (Phi) is 4.47. The van der Waals surface area contributed by atoms with Crippen LogP contribution in [0, 0.1) is 0 Å². The number of nitrogens with one attached hydrogen (secondary N) is 2. The molecular weight excluding hydrogens is 246 g/mol. The van der Waals surface area contributed by atoms with E-state index in [1.165, 1.54) is 12.3 Å². The average molecular weight is 265 g/mol. The summed E-state index contributed by atoms with van der Waals surface area (Å²) < 4.78 is 0. The van der Waals surface area contributed by atoms with E-state index in [2.05, 4.69) is 15.6 Å². The number of hydrogen-bond acceptors (Lipinski definition) is 4. The first-order valence-corrected chi connectivity index (χ1v) is 5.97. The summed E-state index contributed by atoms with van der Waals surface area (Å²) in [5.74, 6) is -1.25. The number of pyridine rings is 1. The number of aromatic nitrogens is 1. The summed E-state index contributed by atoms with van der Waals surface area (Å²) >= 11 is 0. The normalized spacial score (nSPS) is 12.6. The van der Waals surface area contributed by atoms with Gasteiger partial charge in [-0.3, -0.25) is 4.79 Å². The van der Waals surface area contributed by atoms with Gasteiger partial charge in [-0.2, -0.15) is 0 Å². The highest BCUT2D eigenvalue weighted by molar-refractivity contribution is 5.87. The van der Waals surface area contributed by atoms with Crippen LogP contribution in [0.3, 0.4) is 0 Å². The molecule has 6 heteroatoms. The van der Waals surface area contributed by atoms with Crippen molar-refractivity contribution in [2.45, 2.75) is 39.3 Å². The Morgan fingerprint density at radius 2 is 2.00 bits per heavy atom. The molecule has 0 radical (unpaired) electrons. The molecular formula is C13H19N3O3. The molecule has 0 saturated carbocycles. The Bertz CT molecular complexity index is 480. The van der Waals surface area contributed by atoms with Crippen LogP contribution in [-0.2, 0) is 4.79 Å². The molecule has 1 atom stereocenters. The first-order valence-electron chi connectivity index (χ1n) is 5.97. The zero-order chi connectivity index (χ0) is 14.6. The van der Waals surface area contributed by atoms with Crippen LogP contribution in [0.15, 0.2) is 18.3 Å². The molecule has 1 amide bonds. The molecule has 0 aliphatic carbocycles. The van der Waals surface area contributed by atoms with E-state index in [4.69, 9.17) is 5.11 Å². The molecule has 1 unspecified atom stereocenters. The van der Waals surface area contributed by atoms with Crippen molar-refractivity contribution in [3.8, 4) is 0 Å². The number of carboxylic acids is 1. The molecule has 19 heavy (non-hydrogen) atoms. The molecule has 0 aromatic carbocycles. The van der Waals surface area contributed by atoms with Crippen molar-refractivity contribution in [2.24, 2.45) is 0 Å². The van der Waals surface area contributed by atoms with Crippen molar-refractivity contribution in [3.05, 3.63) is 24.0 Å². The van der Waals surface area contributed by atoms with Gasteiger partial charge in [-0.15, -0.1) is 0 Å². The molecule has 1 aromatic heterocycles. The van der Waals surface area contributed by atoms with Crippen molar-refractivity contribution in [1.29, 1.82) is 0 Å². The highest BCUT2D eigenvalue weighted by Gasteiger charge is 2.19. The minimum Gasteiger partial charge on any atom is -0.477 e.